The molecule has 4 rings (SSSR count). The number of hydrogen-bond acceptors (Lipinski definition) is 3. The average Bonchev–Trinajstić information content (AvgIpc) is 3.29. The maximum Gasteiger partial charge on any atom is 0.269 e. The maximum atomic E-state index is 13.3. The molecule has 3 aromatic rings. The summed E-state index contributed by atoms with van der Waals surface area (Å²) < 4.78 is 3.25. The molecule has 6 nitrogen and oxygen atoms in total. The van der Waals surface area contributed by atoms with Crippen molar-refractivity contribution in [2.45, 2.75) is 51.2 Å². The number of hydrogen-bond donors (Lipinski definition) is 0. The highest BCUT2D eigenvalue weighted by molar-refractivity contribution is 9.10. The van der Waals surface area contributed by atoms with E-state index in [1.54, 1.807) is 24.3 Å². The minimum atomic E-state index is -0.424. The molecule has 0 atom stereocenters. The second kappa shape index (κ2) is 11.3. The molecular weight excluding hydrogens is 494 g/mol. The summed E-state index contributed by atoms with van der Waals surface area (Å²) in [6, 6.07) is 18.9. The number of carbonyl (C=O) groups is 1. The van der Waals surface area contributed by atoms with Gasteiger partial charge in [0.25, 0.3) is 5.69 Å². The Morgan fingerprint density at radius 2 is 1.76 bits per heavy atom. The Balaban J connectivity index is 1.51. The first kappa shape index (κ1) is 24.0. The predicted molar refractivity (Wildman–Crippen MR) is 137 cm³/mol. The zero-order valence-corrected chi connectivity index (χ0v) is 20.6. The molecule has 34 heavy (non-hydrogen) atoms. The Labute approximate surface area is 208 Å². The third kappa shape index (κ3) is 6.23. The number of nitro groups is 1. The van der Waals surface area contributed by atoms with Crippen molar-refractivity contribution in [2.75, 3.05) is 0 Å². The van der Waals surface area contributed by atoms with E-state index in [-0.39, 0.29) is 17.6 Å². The third-order valence-electron chi connectivity index (χ3n) is 6.34. The number of carbonyl (C=O) groups excluding carboxylic acids is 1. The van der Waals surface area contributed by atoms with Gasteiger partial charge in [0, 0.05) is 47.2 Å². The lowest BCUT2D eigenvalue weighted by molar-refractivity contribution is -0.384. The van der Waals surface area contributed by atoms with Crippen molar-refractivity contribution in [2.24, 2.45) is 0 Å². The van der Waals surface area contributed by atoms with Gasteiger partial charge in [-0.25, -0.2) is 0 Å². The number of amides is 1. The molecule has 0 spiro atoms. The van der Waals surface area contributed by atoms with Crippen LogP contribution in [0.3, 0.4) is 0 Å². The quantitative estimate of drug-likeness (QED) is 0.191. The van der Waals surface area contributed by atoms with Gasteiger partial charge in [-0.15, -0.1) is 0 Å². The normalized spacial score (nSPS) is 14.4. The highest BCUT2D eigenvalue weighted by atomic mass is 79.9. The highest BCUT2D eigenvalue weighted by Crippen LogP contribution is 2.25. The highest BCUT2D eigenvalue weighted by Gasteiger charge is 2.25. The van der Waals surface area contributed by atoms with E-state index >= 15 is 0 Å². The number of aromatic nitrogens is 1. The largest absolute Gasteiger partial charge is 0.345 e. The van der Waals surface area contributed by atoms with Gasteiger partial charge in [0.05, 0.1) is 11.5 Å². The van der Waals surface area contributed by atoms with Crippen LogP contribution in [-0.2, 0) is 17.9 Å². The summed E-state index contributed by atoms with van der Waals surface area (Å²) in [6.45, 7) is 1.30. The van der Waals surface area contributed by atoms with Crippen LogP contribution >= 0.6 is 15.9 Å². The second-order valence-electron chi connectivity index (χ2n) is 8.69. The molecule has 1 saturated carbocycles. The fourth-order valence-electron chi connectivity index (χ4n) is 4.46. The fraction of sp³-hybridized carbons (Fsp3) is 0.296. The number of benzene rings is 2. The minimum absolute atomic E-state index is 0.0263. The van der Waals surface area contributed by atoms with Crippen molar-refractivity contribution >= 4 is 33.6 Å². The SMILES string of the molecule is O=C(C=Cc1ccc([N+](=O)[O-])cc1)N(Cc1cccn1Cc1ccc(Br)cc1)C1CCCCC1. The average molecular weight is 522 g/mol. The summed E-state index contributed by atoms with van der Waals surface area (Å²) >= 11 is 3.48. The van der Waals surface area contributed by atoms with Crippen LogP contribution in [0.2, 0.25) is 0 Å². The van der Waals surface area contributed by atoms with Crippen molar-refractivity contribution in [3.63, 3.8) is 0 Å². The van der Waals surface area contributed by atoms with Crippen LogP contribution in [0.1, 0.15) is 48.9 Å². The van der Waals surface area contributed by atoms with Crippen LogP contribution in [0.15, 0.2) is 77.4 Å². The Bertz CT molecular complexity index is 1150. The van der Waals surface area contributed by atoms with Gasteiger partial charge in [0.2, 0.25) is 5.91 Å². The molecule has 1 aliphatic rings. The van der Waals surface area contributed by atoms with Crippen molar-refractivity contribution < 1.29 is 9.72 Å². The van der Waals surface area contributed by atoms with Crippen LogP contribution in [0, 0.1) is 10.1 Å². The molecule has 0 unspecified atom stereocenters. The van der Waals surface area contributed by atoms with Gasteiger partial charge in [0.15, 0.2) is 0 Å². The predicted octanol–water partition coefficient (Wildman–Crippen LogP) is 6.58. The Morgan fingerprint density at radius 1 is 1.06 bits per heavy atom. The number of rotatable bonds is 8. The molecular formula is C27H28BrN3O3. The molecule has 1 aliphatic carbocycles. The summed E-state index contributed by atoms with van der Waals surface area (Å²) in [4.78, 5) is 25.8. The summed E-state index contributed by atoms with van der Waals surface area (Å²) in [7, 11) is 0. The van der Waals surface area contributed by atoms with Crippen LogP contribution in [-0.4, -0.2) is 26.3 Å². The molecule has 2 aromatic carbocycles. The molecule has 1 amide bonds. The molecule has 1 fully saturated rings. The van der Waals surface area contributed by atoms with Crippen molar-refractivity contribution in [3.05, 3.63) is 104 Å². The summed E-state index contributed by atoms with van der Waals surface area (Å²) in [5, 5.41) is 10.9. The van der Waals surface area contributed by atoms with Crippen molar-refractivity contribution in [1.82, 2.24) is 9.47 Å². The van der Waals surface area contributed by atoms with Gasteiger partial charge in [-0.1, -0.05) is 47.3 Å². The van der Waals surface area contributed by atoms with Gasteiger partial charge in [-0.3, -0.25) is 14.9 Å². The standard InChI is InChI=1S/C27H28BrN3O3/c28-23-13-8-22(9-14-23)19-29-18-4-7-26(29)20-30(24-5-2-1-3-6-24)27(32)17-12-21-10-15-25(16-11-21)31(33)34/h4,7-18,24H,1-3,5-6,19-20H2. The second-order valence-corrected chi connectivity index (χ2v) is 9.61. The van der Waals surface area contributed by atoms with Gasteiger partial charge < -0.3 is 9.47 Å². The number of non-ortho nitro benzene ring substituents is 1. The number of nitro benzene ring substituents is 1. The molecule has 7 heteroatoms. The topological polar surface area (TPSA) is 68.4 Å². The summed E-state index contributed by atoms with van der Waals surface area (Å²) in [5.74, 6) is -0.0263. The van der Waals surface area contributed by atoms with Crippen LogP contribution < -0.4 is 0 Å². The Hall–Kier alpha value is -3.19. The molecule has 1 aromatic heterocycles. The molecule has 0 bridgehead atoms. The van der Waals surface area contributed by atoms with E-state index in [1.807, 2.05) is 23.1 Å². The first-order valence-electron chi connectivity index (χ1n) is 11.6. The third-order valence-corrected chi connectivity index (χ3v) is 6.87. The van der Waals surface area contributed by atoms with E-state index in [0.29, 0.717) is 6.54 Å². The van der Waals surface area contributed by atoms with E-state index in [9.17, 15) is 14.9 Å². The van der Waals surface area contributed by atoms with Crippen LogP contribution in [0.5, 0.6) is 0 Å². The van der Waals surface area contributed by atoms with E-state index < -0.39 is 4.92 Å². The van der Waals surface area contributed by atoms with Crippen molar-refractivity contribution in [1.29, 1.82) is 0 Å². The number of nitrogens with zero attached hydrogens (tertiary/aromatic N) is 3. The summed E-state index contributed by atoms with van der Waals surface area (Å²) in [5.41, 5.74) is 3.11. The van der Waals surface area contributed by atoms with Gasteiger partial charge in [-0.05, 0) is 66.4 Å². The lowest BCUT2D eigenvalue weighted by Gasteiger charge is -2.34. The first-order chi connectivity index (χ1) is 16.5. The Kier molecular flexibility index (Phi) is 7.95. The van der Waals surface area contributed by atoms with E-state index in [4.69, 9.17) is 0 Å². The lowest BCUT2D eigenvalue weighted by atomic mass is 9.94. The van der Waals surface area contributed by atoms with Gasteiger partial charge >= 0.3 is 0 Å². The smallest absolute Gasteiger partial charge is 0.269 e. The monoisotopic (exact) mass is 521 g/mol. The fourth-order valence-corrected chi connectivity index (χ4v) is 4.72. The maximum absolute atomic E-state index is 13.3. The molecule has 0 aliphatic heterocycles. The van der Waals surface area contributed by atoms with Crippen LogP contribution in [0.4, 0.5) is 5.69 Å². The molecule has 176 valence electrons. The first-order valence-corrected chi connectivity index (χ1v) is 12.4. The van der Waals surface area contributed by atoms with Crippen molar-refractivity contribution in [3.8, 4) is 0 Å². The minimum Gasteiger partial charge on any atom is -0.345 e. The molecule has 0 radical (unpaired) electrons. The molecule has 1 heterocycles. The molecule has 0 N–H and O–H groups in total. The van der Waals surface area contributed by atoms with Gasteiger partial charge in [-0.2, -0.15) is 0 Å². The lowest BCUT2D eigenvalue weighted by Crippen LogP contribution is -2.40. The zero-order valence-electron chi connectivity index (χ0n) is 19.0. The molecule has 0 saturated heterocycles. The summed E-state index contributed by atoms with van der Waals surface area (Å²) in [6.07, 6.45) is 10.9. The zero-order chi connectivity index (χ0) is 23.9. The van der Waals surface area contributed by atoms with E-state index in [1.165, 1.54) is 24.1 Å². The van der Waals surface area contributed by atoms with Crippen LogP contribution in [0.25, 0.3) is 6.08 Å². The Morgan fingerprint density at radius 3 is 2.44 bits per heavy atom. The van der Waals surface area contributed by atoms with E-state index in [2.05, 4.69) is 44.9 Å². The number of halogens is 1. The van der Waals surface area contributed by atoms with Gasteiger partial charge in [0.1, 0.15) is 0 Å². The van der Waals surface area contributed by atoms with E-state index in [0.717, 1.165) is 48.0 Å².